The molecule has 2 aromatic carbocycles. The quantitative estimate of drug-likeness (QED) is 0.815. The van der Waals surface area contributed by atoms with E-state index in [1.807, 2.05) is 43.3 Å². The van der Waals surface area contributed by atoms with Crippen molar-refractivity contribution in [2.45, 2.75) is 46.1 Å². The molecule has 28 heavy (non-hydrogen) atoms. The summed E-state index contributed by atoms with van der Waals surface area (Å²) in [4.78, 5) is 26.7. The van der Waals surface area contributed by atoms with Crippen molar-refractivity contribution in [1.29, 1.82) is 0 Å². The third kappa shape index (κ3) is 4.53. The van der Waals surface area contributed by atoms with Crippen LogP contribution < -0.4 is 10.1 Å². The number of ether oxygens (including phenoxy) is 1. The first-order valence-corrected chi connectivity index (χ1v) is 9.88. The highest BCUT2D eigenvalue weighted by molar-refractivity contribution is 5.92. The second-order valence-corrected chi connectivity index (χ2v) is 7.25. The minimum Gasteiger partial charge on any atom is -0.494 e. The molecule has 3 rings (SSSR count). The van der Waals surface area contributed by atoms with Crippen LogP contribution in [0.1, 0.15) is 49.4 Å². The number of fused-ring (bicyclic) bond motifs is 1. The molecular formula is C23H28N2O3. The van der Waals surface area contributed by atoms with Gasteiger partial charge in [0.15, 0.2) is 0 Å². The number of aryl methyl sites for hydroxylation is 1. The fraction of sp³-hybridized carbons (Fsp3) is 0.391. The van der Waals surface area contributed by atoms with Gasteiger partial charge in [0, 0.05) is 19.2 Å². The highest BCUT2D eigenvalue weighted by Gasteiger charge is 2.30. The number of carbonyl (C=O) groups is 2. The van der Waals surface area contributed by atoms with Gasteiger partial charge in [-0.05, 0) is 54.7 Å². The van der Waals surface area contributed by atoms with Crippen molar-refractivity contribution in [3.8, 4) is 5.75 Å². The van der Waals surface area contributed by atoms with Crippen LogP contribution in [-0.2, 0) is 16.0 Å². The molecule has 2 amide bonds. The van der Waals surface area contributed by atoms with Gasteiger partial charge in [0.2, 0.25) is 11.8 Å². The second-order valence-electron chi connectivity index (χ2n) is 7.25. The standard InChI is InChI=1S/C23H28N2O3/c1-4-13-28-19-9-10-21(16(2)14-19)24-23(27)15-22-20-8-6-5-7-18(20)11-12-25(22)17(3)26/h5-10,14,22H,4,11-13,15H2,1-3H3,(H,24,27)/t22-/m0/s1. The van der Waals surface area contributed by atoms with E-state index in [0.29, 0.717) is 13.2 Å². The third-order valence-electron chi connectivity index (χ3n) is 5.14. The number of amides is 2. The van der Waals surface area contributed by atoms with Gasteiger partial charge in [-0.25, -0.2) is 0 Å². The number of hydrogen-bond donors (Lipinski definition) is 1. The van der Waals surface area contributed by atoms with Crippen LogP contribution in [0.15, 0.2) is 42.5 Å². The molecule has 5 nitrogen and oxygen atoms in total. The smallest absolute Gasteiger partial charge is 0.226 e. The Morgan fingerprint density at radius 2 is 2.00 bits per heavy atom. The molecule has 0 aliphatic carbocycles. The summed E-state index contributed by atoms with van der Waals surface area (Å²) < 4.78 is 5.64. The summed E-state index contributed by atoms with van der Waals surface area (Å²) in [6.07, 6.45) is 2.02. The molecule has 1 N–H and O–H groups in total. The predicted molar refractivity (Wildman–Crippen MR) is 110 cm³/mol. The summed E-state index contributed by atoms with van der Waals surface area (Å²) in [6.45, 7) is 6.90. The van der Waals surface area contributed by atoms with Crippen LogP contribution >= 0.6 is 0 Å². The maximum absolute atomic E-state index is 12.8. The van der Waals surface area contributed by atoms with E-state index < -0.39 is 0 Å². The van der Waals surface area contributed by atoms with Crippen molar-refractivity contribution >= 4 is 17.5 Å². The zero-order valence-corrected chi connectivity index (χ0v) is 16.8. The molecule has 5 heteroatoms. The van der Waals surface area contributed by atoms with Crippen LogP contribution in [0.25, 0.3) is 0 Å². The fourth-order valence-corrected chi connectivity index (χ4v) is 3.71. The summed E-state index contributed by atoms with van der Waals surface area (Å²) in [5.74, 6) is 0.709. The number of benzene rings is 2. The van der Waals surface area contributed by atoms with E-state index in [9.17, 15) is 9.59 Å². The average Bonchev–Trinajstić information content (AvgIpc) is 2.68. The van der Waals surface area contributed by atoms with E-state index in [2.05, 4.69) is 18.3 Å². The molecule has 0 saturated heterocycles. The van der Waals surface area contributed by atoms with Crippen LogP contribution in [0.2, 0.25) is 0 Å². The Hall–Kier alpha value is -2.82. The third-order valence-corrected chi connectivity index (χ3v) is 5.14. The number of nitrogens with zero attached hydrogens (tertiary/aromatic N) is 1. The van der Waals surface area contributed by atoms with Gasteiger partial charge in [-0.2, -0.15) is 0 Å². The first-order valence-electron chi connectivity index (χ1n) is 9.88. The Kier molecular flexibility index (Phi) is 6.34. The van der Waals surface area contributed by atoms with Crippen LogP contribution in [0.4, 0.5) is 5.69 Å². The average molecular weight is 380 g/mol. The topological polar surface area (TPSA) is 58.6 Å². The minimum atomic E-state index is -0.227. The van der Waals surface area contributed by atoms with E-state index in [-0.39, 0.29) is 24.3 Å². The van der Waals surface area contributed by atoms with Crippen LogP contribution in [0, 0.1) is 6.92 Å². The van der Waals surface area contributed by atoms with Gasteiger partial charge < -0.3 is 15.0 Å². The highest BCUT2D eigenvalue weighted by Crippen LogP contribution is 2.33. The lowest BCUT2D eigenvalue weighted by Gasteiger charge is -2.36. The Morgan fingerprint density at radius 3 is 2.71 bits per heavy atom. The molecule has 1 atom stereocenters. The van der Waals surface area contributed by atoms with Gasteiger partial charge >= 0.3 is 0 Å². The van der Waals surface area contributed by atoms with Crippen molar-refractivity contribution < 1.29 is 14.3 Å². The maximum atomic E-state index is 12.8. The number of nitrogens with one attached hydrogen (secondary N) is 1. The SMILES string of the molecule is CCCOc1ccc(NC(=O)C[C@H]2c3ccccc3CCN2C(C)=O)c(C)c1. The van der Waals surface area contributed by atoms with Gasteiger partial charge in [-0.1, -0.05) is 31.2 Å². The van der Waals surface area contributed by atoms with Crippen molar-refractivity contribution in [2.24, 2.45) is 0 Å². The van der Waals surface area contributed by atoms with Crippen LogP contribution in [0.5, 0.6) is 5.75 Å². The van der Waals surface area contributed by atoms with Gasteiger partial charge in [-0.15, -0.1) is 0 Å². The summed E-state index contributed by atoms with van der Waals surface area (Å²) in [5.41, 5.74) is 4.01. The first kappa shape index (κ1) is 19.9. The van der Waals surface area contributed by atoms with E-state index in [1.54, 1.807) is 11.8 Å². The van der Waals surface area contributed by atoms with Crippen molar-refractivity contribution in [3.05, 3.63) is 59.2 Å². The summed E-state index contributed by atoms with van der Waals surface area (Å²) >= 11 is 0. The lowest BCUT2D eigenvalue weighted by Crippen LogP contribution is -2.40. The summed E-state index contributed by atoms with van der Waals surface area (Å²) in [7, 11) is 0. The van der Waals surface area contributed by atoms with E-state index >= 15 is 0 Å². The Labute approximate surface area is 166 Å². The zero-order valence-electron chi connectivity index (χ0n) is 16.8. The first-order chi connectivity index (χ1) is 13.5. The molecule has 0 bridgehead atoms. The fourth-order valence-electron chi connectivity index (χ4n) is 3.71. The van der Waals surface area contributed by atoms with Gasteiger partial charge in [0.1, 0.15) is 5.75 Å². The number of anilines is 1. The van der Waals surface area contributed by atoms with E-state index in [1.165, 1.54) is 5.56 Å². The molecule has 148 valence electrons. The predicted octanol–water partition coefficient (Wildman–Crippen LogP) is 4.26. The molecule has 0 unspecified atom stereocenters. The highest BCUT2D eigenvalue weighted by atomic mass is 16.5. The van der Waals surface area contributed by atoms with Gasteiger partial charge in [0.05, 0.1) is 19.1 Å². The van der Waals surface area contributed by atoms with Gasteiger partial charge in [-0.3, -0.25) is 9.59 Å². The van der Waals surface area contributed by atoms with Crippen LogP contribution in [-0.4, -0.2) is 29.9 Å². The molecular weight excluding hydrogens is 352 g/mol. The van der Waals surface area contributed by atoms with Crippen LogP contribution in [0.3, 0.4) is 0 Å². The monoisotopic (exact) mass is 380 g/mol. The minimum absolute atomic E-state index is 0.000842. The Morgan fingerprint density at radius 1 is 1.21 bits per heavy atom. The zero-order chi connectivity index (χ0) is 20.1. The Bertz CT molecular complexity index is 863. The number of rotatable bonds is 6. The van der Waals surface area contributed by atoms with Crippen molar-refractivity contribution in [3.63, 3.8) is 0 Å². The Balaban J connectivity index is 1.74. The number of carbonyl (C=O) groups excluding carboxylic acids is 2. The largest absolute Gasteiger partial charge is 0.494 e. The molecule has 0 spiro atoms. The van der Waals surface area contributed by atoms with E-state index in [0.717, 1.165) is 35.4 Å². The molecule has 1 heterocycles. The molecule has 0 radical (unpaired) electrons. The molecule has 0 fully saturated rings. The molecule has 2 aromatic rings. The molecule has 0 saturated carbocycles. The lowest BCUT2D eigenvalue weighted by atomic mass is 9.90. The maximum Gasteiger partial charge on any atom is 0.226 e. The van der Waals surface area contributed by atoms with E-state index in [4.69, 9.17) is 4.74 Å². The van der Waals surface area contributed by atoms with Gasteiger partial charge in [0.25, 0.3) is 0 Å². The summed E-state index contributed by atoms with van der Waals surface area (Å²) in [6, 6.07) is 13.5. The van der Waals surface area contributed by atoms with Crippen molar-refractivity contribution in [1.82, 2.24) is 4.90 Å². The second kappa shape index (κ2) is 8.91. The molecule has 0 aromatic heterocycles. The summed E-state index contributed by atoms with van der Waals surface area (Å²) in [5, 5.41) is 3.00. The lowest BCUT2D eigenvalue weighted by molar-refractivity contribution is -0.132. The number of hydrogen-bond acceptors (Lipinski definition) is 3. The van der Waals surface area contributed by atoms with Crippen molar-refractivity contribution in [2.75, 3.05) is 18.5 Å². The normalized spacial score (nSPS) is 15.7. The molecule has 1 aliphatic heterocycles. The molecule has 1 aliphatic rings.